The Morgan fingerprint density at radius 1 is 0.233 bits per heavy atom. The van der Waals surface area contributed by atoms with E-state index < -0.39 is 0 Å². The summed E-state index contributed by atoms with van der Waals surface area (Å²) in [6, 6.07) is 62.2. The lowest BCUT2D eigenvalue weighted by atomic mass is 9.89. The van der Waals surface area contributed by atoms with Crippen LogP contribution in [0.25, 0.3) is 66.8 Å². The van der Waals surface area contributed by atoms with E-state index >= 15 is 0 Å². The Hall–Kier alpha value is -5.66. The maximum absolute atomic E-state index is 7.10. The van der Waals surface area contributed by atoms with E-state index in [9.17, 15) is 0 Å². The van der Waals surface area contributed by atoms with Crippen LogP contribution in [0, 0.1) is 0 Å². The van der Waals surface area contributed by atoms with E-state index in [0.717, 1.165) is 27.9 Å². The van der Waals surface area contributed by atoms with Gasteiger partial charge in [0, 0.05) is 16.8 Å². The Labute approximate surface area is 253 Å². The molecule has 0 aliphatic heterocycles. The number of hydrogen-bond acceptors (Lipinski definition) is 1. The van der Waals surface area contributed by atoms with E-state index in [2.05, 4.69) is 176 Å². The number of rotatable bonds is 6. The van der Waals surface area contributed by atoms with Crippen LogP contribution in [0.5, 0.6) is 0 Å². The highest BCUT2D eigenvalue weighted by atomic mass is 14.6. The second-order valence-electron chi connectivity index (χ2n) is 10.8. The molecule has 0 atom stereocenters. The molecule has 0 bridgehead atoms. The molecule has 0 saturated carbocycles. The summed E-state index contributed by atoms with van der Waals surface area (Å²) in [6.45, 7) is 0. The summed E-state index contributed by atoms with van der Waals surface area (Å²) in [7, 11) is 0. The van der Waals surface area contributed by atoms with Crippen molar-refractivity contribution in [3.8, 4) is 66.8 Å². The van der Waals surface area contributed by atoms with E-state index in [4.69, 9.17) is 5.73 Å². The van der Waals surface area contributed by atoms with Crippen molar-refractivity contribution in [2.45, 2.75) is 0 Å². The van der Waals surface area contributed by atoms with Crippen molar-refractivity contribution in [2.75, 3.05) is 5.73 Å². The van der Waals surface area contributed by atoms with Crippen molar-refractivity contribution >= 4 is 5.69 Å². The molecule has 2 N–H and O–H groups in total. The van der Waals surface area contributed by atoms with Gasteiger partial charge in [0.05, 0.1) is 0 Å². The molecule has 0 aromatic heterocycles. The molecule has 0 fully saturated rings. The molecule has 0 amide bonds. The minimum Gasteiger partial charge on any atom is -0.398 e. The van der Waals surface area contributed by atoms with E-state index in [-0.39, 0.29) is 0 Å². The van der Waals surface area contributed by atoms with Crippen molar-refractivity contribution in [3.63, 3.8) is 0 Å². The molecule has 43 heavy (non-hydrogen) atoms. The Balaban J connectivity index is 1.41. The topological polar surface area (TPSA) is 26.0 Å². The zero-order chi connectivity index (χ0) is 29.0. The summed E-state index contributed by atoms with van der Waals surface area (Å²) < 4.78 is 0. The molecule has 0 unspecified atom stereocenters. The first-order valence-electron chi connectivity index (χ1n) is 14.6. The summed E-state index contributed by atoms with van der Waals surface area (Å²) in [5, 5.41) is 0. The molecule has 0 heterocycles. The average molecular weight is 550 g/mol. The lowest BCUT2D eigenvalue weighted by Gasteiger charge is -2.17. The number of para-hydroxylation sites is 1. The van der Waals surface area contributed by atoms with Crippen LogP contribution in [-0.2, 0) is 0 Å². The minimum absolute atomic E-state index is 0.774. The van der Waals surface area contributed by atoms with Crippen LogP contribution < -0.4 is 5.73 Å². The first-order chi connectivity index (χ1) is 21.2. The van der Waals surface area contributed by atoms with Crippen LogP contribution in [0.15, 0.2) is 176 Å². The van der Waals surface area contributed by atoms with Crippen LogP contribution in [0.3, 0.4) is 0 Å². The highest BCUT2D eigenvalue weighted by molar-refractivity contribution is 5.93. The van der Waals surface area contributed by atoms with E-state index in [1.807, 2.05) is 0 Å². The number of anilines is 1. The highest BCUT2D eigenvalue weighted by Crippen LogP contribution is 2.41. The fraction of sp³-hybridized carbons (Fsp3) is 0. The van der Waals surface area contributed by atoms with Gasteiger partial charge < -0.3 is 5.73 Å². The number of nitrogen functional groups attached to an aromatic ring is 1. The zero-order valence-corrected chi connectivity index (χ0v) is 23.8. The zero-order valence-electron chi connectivity index (χ0n) is 23.8. The summed E-state index contributed by atoms with van der Waals surface area (Å²) in [5.74, 6) is 0. The van der Waals surface area contributed by atoms with Gasteiger partial charge in [0.25, 0.3) is 0 Å². The van der Waals surface area contributed by atoms with Crippen LogP contribution >= 0.6 is 0 Å². The lowest BCUT2D eigenvalue weighted by molar-refractivity contribution is 1.54. The van der Waals surface area contributed by atoms with Gasteiger partial charge in [-0.05, 0) is 92.0 Å². The van der Waals surface area contributed by atoms with Gasteiger partial charge in [-0.25, -0.2) is 0 Å². The fourth-order valence-corrected chi connectivity index (χ4v) is 5.82. The summed E-state index contributed by atoms with van der Waals surface area (Å²) in [6.07, 6.45) is 0. The molecule has 0 saturated heterocycles. The van der Waals surface area contributed by atoms with Crippen molar-refractivity contribution in [1.82, 2.24) is 0 Å². The normalized spacial score (nSPS) is 10.9. The van der Waals surface area contributed by atoms with E-state index in [1.54, 1.807) is 0 Å². The number of hydrogen-bond donors (Lipinski definition) is 1. The Morgan fingerprint density at radius 3 is 0.767 bits per heavy atom. The SMILES string of the molecule is Nc1c(-c2cc(-c3ccccc3)cc(-c3ccccc3)c2)cccc1-c1cc(-c2ccccc2)cc(-c2ccccc2)c1. The third-order valence-corrected chi connectivity index (χ3v) is 8.02. The quantitative estimate of drug-likeness (QED) is 0.205. The standard InChI is InChI=1S/C42H31N/c43-42-40(38-26-34(30-14-5-1-6-15-30)24-35(27-38)31-16-7-2-8-17-31)22-13-23-41(42)39-28-36(32-18-9-3-10-19-32)25-37(29-39)33-20-11-4-12-21-33/h1-29H,43H2. The maximum atomic E-state index is 7.10. The van der Waals surface area contributed by atoms with Crippen molar-refractivity contribution < 1.29 is 0 Å². The monoisotopic (exact) mass is 549 g/mol. The molecule has 204 valence electrons. The molecule has 7 aromatic carbocycles. The second kappa shape index (κ2) is 11.7. The van der Waals surface area contributed by atoms with Gasteiger partial charge in [0.2, 0.25) is 0 Å². The summed E-state index contributed by atoms with van der Waals surface area (Å²) >= 11 is 0. The summed E-state index contributed by atoms with van der Waals surface area (Å²) in [5.41, 5.74) is 21.5. The average Bonchev–Trinajstić information content (AvgIpc) is 3.09. The molecule has 1 nitrogen and oxygen atoms in total. The van der Waals surface area contributed by atoms with Crippen LogP contribution in [0.1, 0.15) is 0 Å². The highest BCUT2D eigenvalue weighted by Gasteiger charge is 2.14. The van der Waals surface area contributed by atoms with Gasteiger partial charge in [0.15, 0.2) is 0 Å². The molecular weight excluding hydrogens is 518 g/mol. The molecule has 0 aliphatic carbocycles. The van der Waals surface area contributed by atoms with E-state index in [1.165, 1.54) is 44.5 Å². The molecular formula is C42H31N. The van der Waals surface area contributed by atoms with Gasteiger partial charge in [-0.3, -0.25) is 0 Å². The van der Waals surface area contributed by atoms with Crippen molar-refractivity contribution in [3.05, 3.63) is 176 Å². The molecule has 7 aromatic rings. The van der Waals surface area contributed by atoms with Crippen LogP contribution in [-0.4, -0.2) is 0 Å². The predicted molar refractivity (Wildman–Crippen MR) is 183 cm³/mol. The molecule has 7 rings (SSSR count). The lowest BCUT2D eigenvalue weighted by Crippen LogP contribution is -1.96. The smallest absolute Gasteiger partial charge is 0.0473 e. The number of benzene rings is 7. The third-order valence-electron chi connectivity index (χ3n) is 8.02. The van der Waals surface area contributed by atoms with E-state index in [0.29, 0.717) is 0 Å². The molecule has 0 radical (unpaired) electrons. The van der Waals surface area contributed by atoms with Crippen LogP contribution in [0.2, 0.25) is 0 Å². The van der Waals surface area contributed by atoms with Crippen molar-refractivity contribution in [2.24, 2.45) is 0 Å². The van der Waals surface area contributed by atoms with Gasteiger partial charge in [-0.15, -0.1) is 0 Å². The predicted octanol–water partition coefficient (Wildman–Crippen LogP) is 11.3. The number of nitrogens with two attached hydrogens (primary N) is 1. The molecule has 0 aliphatic rings. The maximum Gasteiger partial charge on any atom is 0.0473 e. The first-order valence-corrected chi connectivity index (χ1v) is 14.6. The molecule has 0 spiro atoms. The van der Waals surface area contributed by atoms with Gasteiger partial charge in [0.1, 0.15) is 0 Å². The van der Waals surface area contributed by atoms with Gasteiger partial charge >= 0.3 is 0 Å². The van der Waals surface area contributed by atoms with Gasteiger partial charge in [-0.2, -0.15) is 0 Å². The summed E-state index contributed by atoms with van der Waals surface area (Å²) in [4.78, 5) is 0. The van der Waals surface area contributed by atoms with Crippen LogP contribution in [0.4, 0.5) is 5.69 Å². The Kier molecular flexibility index (Phi) is 7.13. The Bertz CT molecular complexity index is 1730. The fourth-order valence-electron chi connectivity index (χ4n) is 5.82. The largest absolute Gasteiger partial charge is 0.398 e. The van der Waals surface area contributed by atoms with Gasteiger partial charge in [-0.1, -0.05) is 140 Å². The Morgan fingerprint density at radius 2 is 0.488 bits per heavy atom. The van der Waals surface area contributed by atoms with Crippen molar-refractivity contribution in [1.29, 1.82) is 0 Å². The molecule has 1 heteroatoms. The first kappa shape index (κ1) is 26.3. The second-order valence-corrected chi connectivity index (χ2v) is 10.8. The minimum atomic E-state index is 0.774. The third kappa shape index (κ3) is 5.49.